The number of likely N-dealkylation sites (tertiary alicyclic amines) is 1. The van der Waals surface area contributed by atoms with E-state index in [-0.39, 0.29) is 54.1 Å². The van der Waals surface area contributed by atoms with Gasteiger partial charge in [-0.3, -0.25) is 24.6 Å². The molecule has 4 aromatic rings. The van der Waals surface area contributed by atoms with Gasteiger partial charge >= 0.3 is 11.9 Å². The molecule has 3 aliphatic rings. The number of aliphatic hydroxyl groups is 1. The van der Waals surface area contributed by atoms with Gasteiger partial charge in [0.25, 0.3) is 5.69 Å². The summed E-state index contributed by atoms with van der Waals surface area (Å²) in [6, 6.07) is 27.2. The Morgan fingerprint density at radius 3 is 2.12 bits per heavy atom. The zero-order chi connectivity index (χ0) is 41.1. The van der Waals surface area contributed by atoms with Crippen LogP contribution in [0.5, 0.6) is 11.5 Å². The molecule has 0 aromatic heterocycles. The van der Waals surface area contributed by atoms with Crippen LogP contribution in [-0.4, -0.2) is 75.2 Å². The minimum Gasteiger partial charge on any atom is -0.485 e. The van der Waals surface area contributed by atoms with Crippen molar-refractivity contribution in [2.24, 2.45) is 17.8 Å². The van der Waals surface area contributed by atoms with E-state index in [1.165, 1.54) is 24.0 Å². The van der Waals surface area contributed by atoms with Gasteiger partial charge in [-0.2, -0.15) is 0 Å². The molecule has 1 amide bonds. The molecule has 2 fully saturated rings. The van der Waals surface area contributed by atoms with Crippen molar-refractivity contribution in [3.8, 4) is 11.5 Å². The van der Waals surface area contributed by atoms with Crippen LogP contribution in [0, 0.1) is 27.9 Å². The highest BCUT2D eigenvalue weighted by Gasteiger charge is 2.60. The van der Waals surface area contributed by atoms with Gasteiger partial charge < -0.3 is 24.2 Å². The van der Waals surface area contributed by atoms with Crippen molar-refractivity contribution >= 4 is 40.9 Å². The highest BCUT2D eigenvalue weighted by molar-refractivity contribution is 6.33. The number of aryl methyl sites for hydroxylation is 1. The Morgan fingerprint density at radius 2 is 1.52 bits per heavy atom. The number of nitrogens with zero attached hydrogens (tertiary/aromatic N) is 3. The number of β-lactam (4-membered cyclic amide) rings is 1. The number of amides is 1. The number of non-ortho nitro benzene ring substituents is 1. The van der Waals surface area contributed by atoms with Crippen molar-refractivity contribution < 1.29 is 43.4 Å². The van der Waals surface area contributed by atoms with Gasteiger partial charge in [-0.1, -0.05) is 85.3 Å². The minimum absolute atomic E-state index is 0.0541. The van der Waals surface area contributed by atoms with Crippen molar-refractivity contribution in [2.75, 3.05) is 19.6 Å². The third-order valence-corrected chi connectivity index (χ3v) is 11.5. The molecule has 4 aromatic carbocycles. The van der Waals surface area contributed by atoms with E-state index in [1.807, 2.05) is 84.6 Å². The number of hydrogen-bond donors (Lipinski definition) is 1. The third-order valence-electron chi connectivity index (χ3n) is 11.1. The summed E-state index contributed by atoms with van der Waals surface area (Å²) < 4.78 is 17.6. The maximum absolute atomic E-state index is 13.6. The number of ketones is 1. The summed E-state index contributed by atoms with van der Waals surface area (Å²) in [7, 11) is 0. The lowest BCUT2D eigenvalue weighted by Crippen LogP contribution is -2.63. The van der Waals surface area contributed by atoms with Crippen molar-refractivity contribution in [3.05, 3.63) is 146 Å². The second-order valence-electron chi connectivity index (χ2n) is 14.9. The molecule has 0 saturated carbocycles. The number of Topliss-reactive ketones (excluding diaryl/α,β-unsaturated/α-hetero) is 1. The van der Waals surface area contributed by atoms with E-state index in [9.17, 15) is 34.4 Å². The molecule has 0 unspecified atom stereocenters. The average Bonchev–Trinajstić information content (AvgIpc) is 3.44. The Bertz CT molecular complexity index is 2240. The maximum atomic E-state index is 13.6. The normalized spacial score (nSPS) is 19.5. The summed E-state index contributed by atoms with van der Waals surface area (Å²) >= 11 is 6.94. The number of esters is 2. The highest BCUT2D eigenvalue weighted by atomic mass is 35.5. The summed E-state index contributed by atoms with van der Waals surface area (Å²) in [5.74, 6) is -2.88. The van der Waals surface area contributed by atoms with Crippen LogP contribution in [0.25, 0.3) is 0 Å². The van der Waals surface area contributed by atoms with Gasteiger partial charge in [0.1, 0.15) is 24.7 Å². The monoisotopic (exact) mass is 807 g/mol. The second-order valence-corrected chi connectivity index (χ2v) is 15.3. The molecule has 300 valence electrons. The van der Waals surface area contributed by atoms with Crippen LogP contribution in [0.2, 0.25) is 5.02 Å². The van der Waals surface area contributed by atoms with E-state index < -0.39 is 40.8 Å². The average molecular weight is 808 g/mol. The molecular weight excluding hydrogens is 766 g/mol. The van der Waals surface area contributed by atoms with Crippen LogP contribution in [0.4, 0.5) is 5.69 Å². The van der Waals surface area contributed by atoms with Gasteiger partial charge in [0.05, 0.1) is 33.6 Å². The fraction of sp³-hybridized carbons (Fsp3) is 0.318. The number of carbonyl (C=O) groups is 4. The van der Waals surface area contributed by atoms with Crippen molar-refractivity contribution in [2.45, 2.75) is 52.0 Å². The first-order valence-corrected chi connectivity index (χ1v) is 19.4. The van der Waals surface area contributed by atoms with E-state index in [0.29, 0.717) is 48.2 Å². The second kappa shape index (κ2) is 17.3. The van der Waals surface area contributed by atoms with E-state index in [2.05, 4.69) is 0 Å². The fourth-order valence-electron chi connectivity index (χ4n) is 7.84. The topological polar surface area (TPSA) is 166 Å². The van der Waals surface area contributed by atoms with Crippen LogP contribution in [-0.2, 0) is 38.8 Å². The predicted octanol–water partition coefficient (Wildman–Crippen LogP) is 6.33. The lowest BCUT2D eigenvalue weighted by atomic mass is 9.77. The lowest BCUT2D eigenvalue weighted by molar-refractivity contribution is -0.384. The van der Waals surface area contributed by atoms with E-state index in [0.717, 1.165) is 28.8 Å². The molecule has 3 aliphatic heterocycles. The number of hydrogen-bond acceptors (Lipinski definition) is 11. The molecule has 7 rings (SSSR count). The number of carbonyl (C=O) groups excluding carboxylic acids is 4. The molecule has 0 spiro atoms. The van der Waals surface area contributed by atoms with Gasteiger partial charge in [0, 0.05) is 50.0 Å². The minimum atomic E-state index is -1.03. The fourth-order valence-corrected chi connectivity index (χ4v) is 8.15. The Hall–Kier alpha value is -5.89. The van der Waals surface area contributed by atoms with E-state index in [4.69, 9.17) is 25.8 Å². The first kappa shape index (κ1) is 40.3. The van der Waals surface area contributed by atoms with E-state index in [1.54, 1.807) is 0 Å². The molecule has 4 atom stereocenters. The Kier molecular flexibility index (Phi) is 12.0. The zero-order valence-corrected chi connectivity index (χ0v) is 32.7. The molecule has 0 aliphatic carbocycles. The number of benzene rings is 4. The van der Waals surface area contributed by atoms with Crippen molar-refractivity contribution in [1.29, 1.82) is 0 Å². The summed E-state index contributed by atoms with van der Waals surface area (Å²) in [6.07, 6.45) is -0.337. The zero-order valence-electron chi connectivity index (χ0n) is 31.9. The SMILES string of the molecule is C[C@@H](O)[C@H]1C(=O)N2C(C(=O)OC(=O)c3ccc([N+](=O)[O-])cc3)=C(CN3CC(C(=O)CCc4ccc(OCc5ccccc5)c(OCc5ccccc5)c4Cl)C3)[C@H](C)[C@H]12. The molecule has 14 heteroatoms. The number of nitro benzene ring substituents is 1. The number of rotatable bonds is 16. The molecule has 0 radical (unpaired) electrons. The van der Waals surface area contributed by atoms with Crippen LogP contribution in [0.1, 0.15) is 47.3 Å². The largest absolute Gasteiger partial charge is 0.485 e. The quantitative estimate of drug-likeness (QED) is 0.0442. The summed E-state index contributed by atoms with van der Waals surface area (Å²) in [5, 5.41) is 21.8. The van der Waals surface area contributed by atoms with Gasteiger partial charge in [-0.05, 0) is 53.8 Å². The van der Waals surface area contributed by atoms with Crippen LogP contribution >= 0.6 is 11.6 Å². The maximum Gasteiger partial charge on any atom is 0.362 e. The van der Waals surface area contributed by atoms with Gasteiger partial charge in [-0.25, -0.2) is 9.59 Å². The molecule has 1 N–H and O–H groups in total. The smallest absolute Gasteiger partial charge is 0.362 e. The number of aliphatic hydroxyl groups excluding tert-OH is 1. The number of fused-ring (bicyclic) bond motifs is 1. The number of nitro groups is 1. The van der Waals surface area contributed by atoms with E-state index >= 15 is 0 Å². The molecular formula is C44H42ClN3O10. The Balaban J connectivity index is 1.000. The molecule has 13 nitrogen and oxygen atoms in total. The summed E-state index contributed by atoms with van der Waals surface area (Å²) in [6.45, 7) is 5.06. The summed E-state index contributed by atoms with van der Waals surface area (Å²) in [4.78, 5) is 66.8. The van der Waals surface area contributed by atoms with Crippen molar-refractivity contribution in [3.63, 3.8) is 0 Å². The summed E-state index contributed by atoms with van der Waals surface area (Å²) in [5.41, 5.74) is 2.91. The first-order chi connectivity index (χ1) is 27.9. The molecule has 3 heterocycles. The van der Waals surface area contributed by atoms with Gasteiger partial charge in [-0.15, -0.1) is 0 Å². The predicted molar refractivity (Wildman–Crippen MR) is 212 cm³/mol. The number of ether oxygens (including phenoxy) is 3. The molecule has 0 bridgehead atoms. The molecule has 58 heavy (non-hydrogen) atoms. The Morgan fingerprint density at radius 1 is 0.897 bits per heavy atom. The highest BCUT2D eigenvalue weighted by Crippen LogP contribution is 2.48. The van der Waals surface area contributed by atoms with Gasteiger partial charge in [0.15, 0.2) is 11.5 Å². The van der Waals surface area contributed by atoms with Crippen LogP contribution in [0.3, 0.4) is 0 Å². The number of halogens is 1. The lowest BCUT2D eigenvalue weighted by Gasteiger charge is -2.46. The van der Waals surface area contributed by atoms with Crippen molar-refractivity contribution in [1.82, 2.24) is 9.80 Å². The van der Waals surface area contributed by atoms with Gasteiger partial charge in [0.2, 0.25) is 5.91 Å². The standard InChI is InChI=1S/C44H42ClN3O10/c1-26-34(40(47-39(26)37(27(2)49)42(47)51)44(53)58-43(52)31-13-17-33(18-14-31)48(54)55)23-46-21-32(22-46)35(50)19-15-30-16-20-36(56-24-28-9-5-3-6-10-28)41(38(30)45)57-25-29-11-7-4-8-12-29/h3-14,16-18,20,26-27,32,37,39,49H,15,19,21-25H2,1-2H3/t26-,27+,37+,39+/m0/s1. The van der Waals surface area contributed by atoms with Crippen LogP contribution in [0.15, 0.2) is 108 Å². The van der Waals surface area contributed by atoms with Crippen LogP contribution < -0.4 is 9.47 Å². The third kappa shape index (κ3) is 8.38. The Labute approximate surface area is 339 Å². The molecule has 2 saturated heterocycles. The first-order valence-electron chi connectivity index (χ1n) is 19.1.